The first-order valence-corrected chi connectivity index (χ1v) is 5.76. The molecular formula is C13H15NO6. The highest BCUT2D eigenvalue weighted by Gasteiger charge is 2.19. The van der Waals surface area contributed by atoms with Gasteiger partial charge in [-0.05, 0) is 17.7 Å². The Morgan fingerprint density at radius 1 is 1.15 bits per heavy atom. The second-order valence-electron chi connectivity index (χ2n) is 4.07. The number of ether oxygens (including phenoxy) is 1. The van der Waals surface area contributed by atoms with Crippen LogP contribution in [0.15, 0.2) is 24.3 Å². The van der Waals surface area contributed by atoms with Crippen LogP contribution in [0.25, 0.3) is 0 Å². The normalized spacial score (nSPS) is 9.85. The second-order valence-corrected chi connectivity index (χ2v) is 4.07. The highest BCUT2D eigenvalue weighted by molar-refractivity contribution is 5.86. The Hall–Kier alpha value is -2.57. The number of benzene rings is 1. The van der Waals surface area contributed by atoms with Gasteiger partial charge in [-0.2, -0.15) is 0 Å². The minimum absolute atomic E-state index is 0.0856. The molecule has 1 rings (SSSR count). The largest absolute Gasteiger partial charge is 0.497 e. The summed E-state index contributed by atoms with van der Waals surface area (Å²) in [5, 5.41) is 17.4. The lowest BCUT2D eigenvalue weighted by molar-refractivity contribution is -0.149. The van der Waals surface area contributed by atoms with Crippen molar-refractivity contribution in [2.45, 2.75) is 6.42 Å². The third-order valence-corrected chi connectivity index (χ3v) is 2.49. The van der Waals surface area contributed by atoms with E-state index in [0.29, 0.717) is 11.3 Å². The van der Waals surface area contributed by atoms with Crippen molar-refractivity contribution in [3.63, 3.8) is 0 Å². The number of hydrogen-bond acceptors (Lipinski definition) is 4. The average molecular weight is 281 g/mol. The molecule has 7 heteroatoms. The van der Waals surface area contributed by atoms with Crippen molar-refractivity contribution in [2.75, 3.05) is 20.2 Å². The van der Waals surface area contributed by atoms with Crippen LogP contribution in [-0.4, -0.2) is 53.2 Å². The number of carbonyl (C=O) groups excluding carboxylic acids is 1. The van der Waals surface area contributed by atoms with Crippen LogP contribution in [0.1, 0.15) is 5.56 Å². The van der Waals surface area contributed by atoms with Crippen LogP contribution < -0.4 is 4.74 Å². The number of hydrogen-bond donors (Lipinski definition) is 2. The molecule has 7 nitrogen and oxygen atoms in total. The van der Waals surface area contributed by atoms with Crippen molar-refractivity contribution < 1.29 is 29.3 Å². The van der Waals surface area contributed by atoms with Gasteiger partial charge in [0.1, 0.15) is 18.8 Å². The lowest BCUT2D eigenvalue weighted by atomic mass is 10.1. The summed E-state index contributed by atoms with van der Waals surface area (Å²) in [5.74, 6) is -2.52. The maximum atomic E-state index is 11.9. The molecule has 0 heterocycles. The van der Waals surface area contributed by atoms with Crippen molar-refractivity contribution in [1.82, 2.24) is 4.90 Å². The second kappa shape index (κ2) is 7.13. The number of rotatable bonds is 7. The van der Waals surface area contributed by atoms with E-state index in [2.05, 4.69) is 0 Å². The van der Waals surface area contributed by atoms with Gasteiger partial charge in [-0.3, -0.25) is 14.4 Å². The van der Waals surface area contributed by atoms with E-state index in [-0.39, 0.29) is 6.42 Å². The van der Waals surface area contributed by atoms with Crippen LogP contribution >= 0.6 is 0 Å². The van der Waals surface area contributed by atoms with E-state index in [1.807, 2.05) is 0 Å². The number of amides is 1. The van der Waals surface area contributed by atoms with Gasteiger partial charge >= 0.3 is 11.9 Å². The Morgan fingerprint density at radius 2 is 1.75 bits per heavy atom. The fourth-order valence-electron chi connectivity index (χ4n) is 1.63. The quantitative estimate of drug-likeness (QED) is 0.741. The van der Waals surface area contributed by atoms with E-state index in [1.165, 1.54) is 7.11 Å². The SMILES string of the molecule is COc1cccc(CC(=O)N(CC(=O)O)CC(=O)O)c1. The number of carbonyl (C=O) groups is 3. The Morgan fingerprint density at radius 3 is 2.25 bits per heavy atom. The van der Waals surface area contributed by atoms with E-state index in [1.54, 1.807) is 24.3 Å². The van der Waals surface area contributed by atoms with Crippen molar-refractivity contribution in [1.29, 1.82) is 0 Å². The molecule has 0 radical (unpaired) electrons. The first-order valence-electron chi connectivity index (χ1n) is 5.76. The maximum Gasteiger partial charge on any atom is 0.323 e. The van der Waals surface area contributed by atoms with Gasteiger partial charge in [0.15, 0.2) is 0 Å². The molecule has 0 atom stereocenters. The molecule has 1 amide bonds. The molecule has 0 saturated carbocycles. The van der Waals surface area contributed by atoms with Crippen LogP contribution in [0.5, 0.6) is 5.75 Å². The number of aliphatic carboxylic acids is 2. The monoisotopic (exact) mass is 281 g/mol. The molecule has 0 fully saturated rings. The molecule has 0 spiro atoms. The van der Waals surface area contributed by atoms with E-state index in [0.717, 1.165) is 4.90 Å². The minimum atomic E-state index is -1.26. The number of methoxy groups -OCH3 is 1. The molecule has 0 bridgehead atoms. The lowest BCUT2D eigenvalue weighted by Crippen LogP contribution is -2.40. The third-order valence-electron chi connectivity index (χ3n) is 2.49. The lowest BCUT2D eigenvalue weighted by Gasteiger charge is -2.18. The van der Waals surface area contributed by atoms with Gasteiger partial charge in [0.2, 0.25) is 5.91 Å². The van der Waals surface area contributed by atoms with Crippen LogP contribution in [-0.2, 0) is 20.8 Å². The Kier molecular flexibility index (Phi) is 5.52. The van der Waals surface area contributed by atoms with Crippen molar-refractivity contribution in [2.24, 2.45) is 0 Å². The van der Waals surface area contributed by atoms with E-state index in [4.69, 9.17) is 14.9 Å². The molecular weight excluding hydrogens is 266 g/mol. The van der Waals surface area contributed by atoms with Crippen molar-refractivity contribution in [3.05, 3.63) is 29.8 Å². The summed E-state index contributed by atoms with van der Waals surface area (Å²) in [4.78, 5) is 34.0. The van der Waals surface area contributed by atoms with Gasteiger partial charge in [0.05, 0.1) is 13.5 Å². The van der Waals surface area contributed by atoms with Gasteiger partial charge in [-0.15, -0.1) is 0 Å². The predicted molar refractivity (Wildman–Crippen MR) is 68.5 cm³/mol. The third kappa shape index (κ3) is 4.97. The number of carboxylic acids is 2. The van der Waals surface area contributed by atoms with Crippen molar-refractivity contribution in [3.8, 4) is 5.75 Å². The first kappa shape index (κ1) is 15.5. The molecule has 0 saturated heterocycles. The zero-order valence-electron chi connectivity index (χ0n) is 10.9. The summed E-state index contributed by atoms with van der Waals surface area (Å²) in [6, 6.07) is 6.72. The Balaban J connectivity index is 2.78. The van der Waals surface area contributed by atoms with Crippen molar-refractivity contribution >= 4 is 17.8 Å². The minimum Gasteiger partial charge on any atom is -0.497 e. The molecule has 0 aromatic heterocycles. The maximum absolute atomic E-state index is 11.9. The summed E-state index contributed by atoms with van der Waals surface area (Å²) < 4.78 is 5.01. The standard InChI is InChI=1S/C13H15NO6/c1-20-10-4-2-3-9(5-10)6-11(15)14(7-12(16)17)8-13(18)19/h2-5H,6-8H2,1H3,(H,16,17)(H,18,19). The fraction of sp³-hybridized carbons (Fsp3) is 0.308. The highest BCUT2D eigenvalue weighted by atomic mass is 16.5. The number of carboxylic acid groups (broad SMARTS) is 2. The van der Waals surface area contributed by atoms with Crippen LogP contribution in [0.3, 0.4) is 0 Å². The molecule has 1 aromatic carbocycles. The summed E-state index contributed by atoms with van der Waals surface area (Å²) in [7, 11) is 1.49. The highest BCUT2D eigenvalue weighted by Crippen LogP contribution is 2.13. The summed E-state index contributed by atoms with van der Waals surface area (Å²) in [5.41, 5.74) is 0.620. The van der Waals surface area contributed by atoms with Crippen LogP contribution in [0.4, 0.5) is 0 Å². The fourth-order valence-corrected chi connectivity index (χ4v) is 1.63. The Bertz CT molecular complexity index is 497. The zero-order chi connectivity index (χ0) is 15.1. The van der Waals surface area contributed by atoms with Gasteiger partial charge in [0.25, 0.3) is 0 Å². The smallest absolute Gasteiger partial charge is 0.323 e. The summed E-state index contributed by atoms with van der Waals surface area (Å²) >= 11 is 0. The molecule has 2 N–H and O–H groups in total. The molecule has 1 aromatic rings. The topological polar surface area (TPSA) is 104 Å². The molecule has 0 aliphatic heterocycles. The zero-order valence-corrected chi connectivity index (χ0v) is 10.9. The average Bonchev–Trinajstić information content (AvgIpc) is 2.37. The van der Waals surface area contributed by atoms with Crippen LogP contribution in [0.2, 0.25) is 0 Å². The van der Waals surface area contributed by atoms with E-state index in [9.17, 15) is 14.4 Å². The van der Waals surface area contributed by atoms with Gasteiger partial charge in [-0.1, -0.05) is 12.1 Å². The molecule has 0 aliphatic rings. The van der Waals surface area contributed by atoms with Gasteiger partial charge in [0, 0.05) is 0 Å². The van der Waals surface area contributed by atoms with Gasteiger partial charge < -0.3 is 19.8 Å². The van der Waals surface area contributed by atoms with Gasteiger partial charge in [-0.25, -0.2) is 0 Å². The van der Waals surface area contributed by atoms with E-state index >= 15 is 0 Å². The first-order chi connectivity index (χ1) is 9.42. The van der Waals surface area contributed by atoms with E-state index < -0.39 is 30.9 Å². The number of nitrogens with zero attached hydrogens (tertiary/aromatic N) is 1. The van der Waals surface area contributed by atoms with Crippen LogP contribution in [0, 0.1) is 0 Å². The summed E-state index contributed by atoms with van der Waals surface area (Å²) in [6.45, 7) is -1.29. The molecule has 20 heavy (non-hydrogen) atoms. The summed E-state index contributed by atoms with van der Waals surface area (Å²) in [6.07, 6.45) is -0.0856. The molecule has 0 unspecified atom stereocenters. The molecule has 108 valence electrons. The molecule has 0 aliphatic carbocycles. The Labute approximate surface area is 115 Å². The predicted octanol–water partition coefficient (Wildman–Crippen LogP) is 0.235.